The van der Waals surface area contributed by atoms with Crippen molar-refractivity contribution in [1.82, 2.24) is 24.9 Å². The van der Waals surface area contributed by atoms with Gasteiger partial charge in [-0.3, -0.25) is 4.40 Å². The lowest BCUT2D eigenvalue weighted by atomic mass is 10.2. The van der Waals surface area contributed by atoms with Crippen molar-refractivity contribution in [3.63, 3.8) is 0 Å². The number of fused-ring (bicyclic) bond motifs is 1. The molecule has 0 spiro atoms. The molecule has 8 heteroatoms. The number of nitrogens with one attached hydrogen (secondary N) is 1. The summed E-state index contributed by atoms with van der Waals surface area (Å²) < 4.78 is 7.81. The predicted molar refractivity (Wildman–Crippen MR) is 113 cm³/mol. The van der Waals surface area contributed by atoms with E-state index in [0.29, 0.717) is 6.61 Å². The average molecular weight is 416 g/mol. The van der Waals surface area contributed by atoms with Crippen LogP contribution in [0.1, 0.15) is 22.1 Å². The van der Waals surface area contributed by atoms with E-state index in [4.69, 9.17) is 4.74 Å². The van der Waals surface area contributed by atoms with E-state index < -0.39 is 0 Å². The van der Waals surface area contributed by atoms with Gasteiger partial charge in [-0.25, -0.2) is 4.98 Å². The zero-order chi connectivity index (χ0) is 18.5. The SMILES string of the molecule is Cc1nc(COc2ccc(CNCCc3nnc4ccccn34)cc2)cs1.Cl. The van der Waals surface area contributed by atoms with E-state index in [1.807, 2.05) is 53.2 Å². The molecule has 3 heterocycles. The van der Waals surface area contributed by atoms with Gasteiger partial charge in [-0.15, -0.1) is 33.9 Å². The number of rotatable bonds is 8. The smallest absolute Gasteiger partial charge is 0.160 e. The number of pyridine rings is 1. The summed E-state index contributed by atoms with van der Waals surface area (Å²) in [5.74, 6) is 1.83. The summed E-state index contributed by atoms with van der Waals surface area (Å²) in [5, 5.41) is 15.0. The number of hydrogen-bond donors (Lipinski definition) is 1. The van der Waals surface area contributed by atoms with Gasteiger partial charge in [0.05, 0.1) is 10.7 Å². The molecular weight excluding hydrogens is 394 g/mol. The van der Waals surface area contributed by atoms with Gasteiger partial charge >= 0.3 is 0 Å². The Bertz CT molecular complexity index is 1010. The molecule has 4 rings (SSSR count). The number of ether oxygens (including phenoxy) is 1. The summed E-state index contributed by atoms with van der Waals surface area (Å²) in [4.78, 5) is 4.41. The van der Waals surface area contributed by atoms with Gasteiger partial charge in [0.1, 0.15) is 18.2 Å². The van der Waals surface area contributed by atoms with E-state index >= 15 is 0 Å². The molecule has 6 nitrogen and oxygen atoms in total. The molecule has 0 fully saturated rings. The second-order valence-corrected chi connectivity index (χ2v) is 7.32. The minimum Gasteiger partial charge on any atom is -0.487 e. The van der Waals surface area contributed by atoms with Gasteiger partial charge in [-0.1, -0.05) is 18.2 Å². The molecule has 28 heavy (non-hydrogen) atoms. The maximum absolute atomic E-state index is 5.78. The molecule has 0 aliphatic rings. The normalized spacial score (nSPS) is 10.8. The minimum atomic E-state index is 0. The summed E-state index contributed by atoms with van der Waals surface area (Å²) >= 11 is 1.64. The van der Waals surface area contributed by atoms with Gasteiger partial charge in [0.25, 0.3) is 0 Å². The number of halogens is 1. The van der Waals surface area contributed by atoms with Crippen LogP contribution in [0.2, 0.25) is 0 Å². The van der Waals surface area contributed by atoms with Gasteiger partial charge in [0.15, 0.2) is 5.65 Å². The first kappa shape index (κ1) is 20.3. The second kappa shape index (κ2) is 9.64. The van der Waals surface area contributed by atoms with Crippen molar-refractivity contribution in [3.8, 4) is 5.75 Å². The highest BCUT2D eigenvalue weighted by atomic mass is 35.5. The number of benzene rings is 1. The number of aromatic nitrogens is 4. The zero-order valence-electron chi connectivity index (χ0n) is 15.5. The van der Waals surface area contributed by atoms with E-state index in [1.165, 1.54) is 5.56 Å². The molecule has 1 N–H and O–H groups in total. The number of hydrogen-bond acceptors (Lipinski definition) is 6. The summed E-state index contributed by atoms with van der Waals surface area (Å²) in [6, 6.07) is 14.1. The van der Waals surface area contributed by atoms with Crippen molar-refractivity contribution in [2.75, 3.05) is 6.54 Å². The molecular formula is C20H22ClN5OS. The van der Waals surface area contributed by atoms with Crippen molar-refractivity contribution in [2.45, 2.75) is 26.5 Å². The van der Waals surface area contributed by atoms with Crippen LogP contribution >= 0.6 is 23.7 Å². The van der Waals surface area contributed by atoms with Gasteiger partial charge in [0, 0.05) is 31.1 Å². The monoisotopic (exact) mass is 415 g/mol. The van der Waals surface area contributed by atoms with Gasteiger partial charge in [0.2, 0.25) is 0 Å². The summed E-state index contributed by atoms with van der Waals surface area (Å²) in [6.07, 6.45) is 2.83. The summed E-state index contributed by atoms with van der Waals surface area (Å²) in [7, 11) is 0. The Hall–Kier alpha value is -2.48. The Labute approximate surface area is 174 Å². The Kier molecular flexibility index (Phi) is 6.97. The first-order valence-corrected chi connectivity index (χ1v) is 9.78. The second-order valence-electron chi connectivity index (χ2n) is 6.26. The third kappa shape index (κ3) is 5.07. The molecule has 4 aromatic rings. The van der Waals surface area contributed by atoms with Crippen molar-refractivity contribution in [2.24, 2.45) is 0 Å². The Morgan fingerprint density at radius 3 is 2.75 bits per heavy atom. The highest BCUT2D eigenvalue weighted by Gasteiger charge is 2.04. The largest absolute Gasteiger partial charge is 0.487 e. The van der Waals surface area contributed by atoms with Crippen LogP contribution in [0.25, 0.3) is 5.65 Å². The fourth-order valence-electron chi connectivity index (χ4n) is 2.83. The van der Waals surface area contributed by atoms with Crippen LogP contribution < -0.4 is 10.1 Å². The lowest BCUT2D eigenvalue weighted by Crippen LogP contribution is -2.17. The number of thiazole rings is 1. The molecule has 1 aromatic carbocycles. The molecule has 0 unspecified atom stereocenters. The molecule has 0 aliphatic heterocycles. The third-order valence-corrected chi connectivity index (χ3v) is 5.04. The first-order chi connectivity index (χ1) is 13.3. The maximum Gasteiger partial charge on any atom is 0.160 e. The third-order valence-electron chi connectivity index (χ3n) is 4.22. The molecule has 146 valence electrons. The van der Waals surface area contributed by atoms with Gasteiger partial charge in [-0.05, 0) is 36.8 Å². The van der Waals surface area contributed by atoms with Crippen LogP contribution in [-0.2, 0) is 19.6 Å². The topological polar surface area (TPSA) is 64.3 Å². The van der Waals surface area contributed by atoms with Crippen LogP contribution in [0.3, 0.4) is 0 Å². The predicted octanol–water partition coefficient (Wildman–Crippen LogP) is 3.83. The standard InChI is InChI=1S/C20H21N5OS.ClH/c1-15-22-17(14-27-15)13-26-18-7-5-16(6-8-18)12-21-10-9-20-24-23-19-4-2-3-11-25(19)20;/h2-8,11,14,21H,9-10,12-13H2,1H3;1H. The van der Waals surface area contributed by atoms with E-state index in [-0.39, 0.29) is 12.4 Å². The van der Waals surface area contributed by atoms with Crippen LogP contribution in [0.15, 0.2) is 54.0 Å². The lowest BCUT2D eigenvalue weighted by molar-refractivity contribution is 0.302. The van der Waals surface area contributed by atoms with E-state index in [0.717, 1.165) is 47.4 Å². The maximum atomic E-state index is 5.78. The fraction of sp³-hybridized carbons (Fsp3) is 0.250. The molecule has 0 atom stereocenters. The number of nitrogens with zero attached hydrogens (tertiary/aromatic N) is 4. The van der Waals surface area contributed by atoms with Crippen LogP contribution in [0, 0.1) is 6.92 Å². The fourth-order valence-corrected chi connectivity index (χ4v) is 3.43. The highest BCUT2D eigenvalue weighted by Crippen LogP contribution is 2.15. The molecule has 0 amide bonds. The Morgan fingerprint density at radius 2 is 1.96 bits per heavy atom. The summed E-state index contributed by atoms with van der Waals surface area (Å²) in [6.45, 7) is 4.16. The zero-order valence-corrected chi connectivity index (χ0v) is 17.2. The minimum absolute atomic E-state index is 0. The highest BCUT2D eigenvalue weighted by molar-refractivity contribution is 7.09. The van der Waals surface area contributed by atoms with Gasteiger partial charge in [-0.2, -0.15) is 0 Å². The molecule has 0 saturated heterocycles. The van der Waals surface area contributed by atoms with Crippen molar-refractivity contribution < 1.29 is 4.74 Å². The van der Waals surface area contributed by atoms with Crippen molar-refractivity contribution >= 4 is 29.4 Å². The number of aryl methyl sites for hydroxylation is 1. The van der Waals surface area contributed by atoms with Crippen molar-refractivity contribution in [3.05, 3.63) is 76.1 Å². The van der Waals surface area contributed by atoms with Gasteiger partial charge < -0.3 is 10.1 Å². The quantitative estimate of drug-likeness (QED) is 0.443. The van der Waals surface area contributed by atoms with E-state index in [9.17, 15) is 0 Å². The Balaban J connectivity index is 0.00000225. The van der Waals surface area contributed by atoms with E-state index in [1.54, 1.807) is 11.3 Å². The van der Waals surface area contributed by atoms with Crippen LogP contribution in [-0.4, -0.2) is 26.1 Å². The summed E-state index contributed by atoms with van der Waals surface area (Å²) in [5.41, 5.74) is 3.08. The Morgan fingerprint density at radius 1 is 1.11 bits per heavy atom. The molecule has 0 bridgehead atoms. The van der Waals surface area contributed by atoms with Crippen LogP contribution in [0.5, 0.6) is 5.75 Å². The first-order valence-electron chi connectivity index (χ1n) is 8.90. The lowest BCUT2D eigenvalue weighted by Gasteiger charge is -2.07. The molecule has 0 aliphatic carbocycles. The van der Waals surface area contributed by atoms with Crippen molar-refractivity contribution in [1.29, 1.82) is 0 Å². The molecule has 0 radical (unpaired) electrons. The average Bonchev–Trinajstić information content (AvgIpc) is 3.31. The molecule has 0 saturated carbocycles. The van der Waals surface area contributed by atoms with Crippen LogP contribution in [0.4, 0.5) is 0 Å². The molecule has 3 aromatic heterocycles. The van der Waals surface area contributed by atoms with E-state index in [2.05, 4.69) is 32.6 Å².